The van der Waals surface area contributed by atoms with Gasteiger partial charge in [-0.2, -0.15) is 0 Å². The number of allylic oxidation sites excluding steroid dienone is 2. The Morgan fingerprint density at radius 3 is 2.75 bits per heavy atom. The zero-order valence-electron chi connectivity index (χ0n) is 11.0. The van der Waals surface area contributed by atoms with Crippen LogP contribution in [0.15, 0.2) is 11.6 Å². The van der Waals surface area contributed by atoms with E-state index in [-0.39, 0.29) is 0 Å². The third-order valence-electron chi connectivity index (χ3n) is 4.79. The summed E-state index contributed by atoms with van der Waals surface area (Å²) in [5, 5.41) is 0. The summed E-state index contributed by atoms with van der Waals surface area (Å²) >= 11 is 0. The minimum absolute atomic E-state index is 0.325. The molecule has 0 aromatic rings. The Morgan fingerprint density at radius 1 is 1.44 bits per heavy atom. The molecule has 0 aromatic heterocycles. The summed E-state index contributed by atoms with van der Waals surface area (Å²) in [5.41, 5.74) is 1.74. The van der Waals surface area contributed by atoms with Crippen molar-refractivity contribution in [2.24, 2.45) is 23.2 Å². The molecule has 0 saturated heterocycles. The van der Waals surface area contributed by atoms with Crippen LogP contribution in [0.2, 0.25) is 0 Å². The molecule has 0 amide bonds. The van der Waals surface area contributed by atoms with Crippen molar-refractivity contribution in [2.75, 3.05) is 0 Å². The molecule has 2 fully saturated rings. The molecular formula is C15H24O. The van der Waals surface area contributed by atoms with E-state index in [4.69, 9.17) is 0 Å². The van der Waals surface area contributed by atoms with Gasteiger partial charge in [0.2, 0.25) is 0 Å². The van der Waals surface area contributed by atoms with E-state index < -0.39 is 0 Å². The molecule has 1 heteroatoms. The normalized spacial score (nSPS) is 41.5. The summed E-state index contributed by atoms with van der Waals surface area (Å²) < 4.78 is 0. The number of carbonyl (C=O) groups excluding carboxylic acids is 1. The lowest BCUT2D eigenvalue weighted by molar-refractivity contribution is -0.125. The van der Waals surface area contributed by atoms with Crippen LogP contribution in [0.5, 0.6) is 0 Å². The SMILES string of the molecule is CC(C)=CCC[C@]1(C)[C@@H]2C(=O)C(C)CC[C@@H]21. The molecule has 0 heterocycles. The van der Waals surface area contributed by atoms with Gasteiger partial charge < -0.3 is 0 Å². The molecule has 0 aliphatic heterocycles. The standard InChI is InChI=1S/C15H24O/c1-10(2)6-5-9-15(4)12-8-7-11(3)14(16)13(12)15/h6,11-13H,5,7-9H2,1-4H3/t11?,12-,13-,15-/m0/s1. The number of rotatable bonds is 3. The van der Waals surface area contributed by atoms with Crippen LogP contribution in [0.3, 0.4) is 0 Å². The predicted octanol–water partition coefficient (Wildman–Crippen LogP) is 3.98. The summed E-state index contributed by atoms with van der Waals surface area (Å²) in [6, 6.07) is 0. The van der Waals surface area contributed by atoms with Crippen LogP contribution in [0.25, 0.3) is 0 Å². The van der Waals surface area contributed by atoms with Crippen LogP contribution in [0.1, 0.15) is 53.4 Å². The van der Waals surface area contributed by atoms with Gasteiger partial charge in [-0.3, -0.25) is 4.79 Å². The molecule has 0 radical (unpaired) electrons. The van der Waals surface area contributed by atoms with E-state index in [1.165, 1.54) is 18.4 Å². The first-order chi connectivity index (χ1) is 7.47. The van der Waals surface area contributed by atoms with Crippen LogP contribution >= 0.6 is 0 Å². The van der Waals surface area contributed by atoms with Gasteiger partial charge in [0.05, 0.1) is 0 Å². The van der Waals surface area contributed by atoms with Crippen LogP contribution in [0, 0.1) is 23.2 Å². The highest BCUT2D eigenvalue weighted by molar-refractivity contribution is 5.88. The van der Waals surface area contributed by atoms with Gasteiger partial charge in [-0.15, -0.1) is 0 Å². The van der Waals surface area contributed by atoms with Crippen LogP contribution < -0.4 is 0 Å². The largest absolute Gasteiger partial charge is 0.299 e. The van der Waals surface area contributed by atoms with Gasteiger partial charge in [0.1, 0.15) is 5.78 Å². The first-order valence-electron chi connectivity index (χ1n) is 6.64. The van der Waals surface area contributed by atoms with E-state index in [9.17, 15) is 4.79 Å². The topological polar surface area (TPSA) is 17.1 Å². The van der Waals surface area contributed by atoms with Gasteiger partial charge in [-0.05, 0) is 50.9 Å². The highest BCUT2D eigenvalue weighted by atomic mass is 16.1. The van der Waals surface area contributed by atoms with Gasteiger partial charge in [0, 0.05) is 11.8 Å². The van der Waals surface area contributed by atoms with Crippen molar-refractivity contribution in [3.8, 4) is 0 Å². The lowest BCUT2D eigenvalue weighted by Gasteiger charge is -2.14. The Morgan fingerprint density at radius 2 is 2.12 bits per heavy atom. The van der Waals surface area contributed by atoms with Gasteiger partial charge >= 0.3 is 0 Å². The maximum atomic E-state index is 12.1. The zero-order valence-corrected chi connectivity index (χ0v) is 11.0. The molecule has 0 bridgehead atoms. The smallest absolute Gasteiger partial charge is 0.139 e. The number of carbonyl (C=O) groups is 1. The number of ketones is 1. The van der Waals surface area contributed by atoms with E-state index in [0.29, 0.717) is 29.0 Å². The summed E-state index contributed by atoms with van der Waals surface area (Å²) in [4.78, 5) is 12.1. The Hall–Kier alpha value is -0.590. The van der Waals surface area contributed by atoms with Crippen molar-refractivity contribution >= 4 is 5.78 Å². The third-order valence-corrected chi connectivity index (χ3v) is 4.79. The third kappa shape index (κ3) is 1.85. The molecule has 1 nitrogen and oxygen atoms in total. The van der Waals surface area contributed by atoms with Crippen molar-refractivity contribution in [3.63, 3.8) is 0 Å². The van der Waals surface area contributed by atoms with E-state index in [0.717, 1.165) is 12.8 Å². The molecule has 0 aromatic carbocycles. The zero-order chi connectivity index (χ0) is 11.9. The molecule has 0 spiro atoms. The minimum atomic E-state index is 0.325. The molecule has 2 saturated carbocycles. The molecule has 2 aliphatic carbocycles. The van der Waals surface area contributed by atoms with Crippen molar-refractivity contribution in [3.05, 3.63) is 11.6 Å². The van der Waals surface area contributed by atoms with Crippen LogP contribution in [-0.4, -0.2) is 5.78 Å². The van der Waals surface area contributed by atoms with Crippen molar-refractivity contribution in [1.82, 2.24) is 0 Å². The second kappa shape index (κ2) is 4.01. The minimum Gasteiger partial charge on any atom is -0.299 e. The fourth-order valence-electron chi connectivity index (χ4n) is 3.57. The molecular weight excluding hydrogens is 196 g/mol. The first kappa shape index (κ1) is 11.9. The lowest BCUT2D eigenvalue weighted by atomic mass is 9.89. The molecule has 16 heavy (non-hydrogen) atoms. The molecule has 0 N–H and O–H groups in total. The fourth-order valence-corrected chi connectivity index (χ4v) is 3.57. The van der Waals surface area contributed by atoms with E-state index in [2.05, 4.69) is 33.8 Å². The highest BCUT2D eigenvalue weighted by Crippen LogP contribution is 2.66. The summed E-state index contributed by atoms with van der Waals surface area (Å²) in [5.74, 6) is 1.99. The lowest BCUT2D eigenvalue weighted by Crippen LogP contribution is -2.19. The average Bonchev–Trinajstić information content (AvgIpc) is 2.78. The van der Waals surface area contributed by atoms with Crippen LogP contribution in [0.4, 0.5) is 0 Å². The van der Waals surface area contributed by atoms with E-state index >= 15 is 0 Å². The van der Waals surface area contributed by atoms with E-state index in [1.54, 1.807) is 0 Å². The van der Waals surface area contributed by atoms with Crippen molar-refractivity contribution < 1.29 is 4.79 Å². The Kier molecular flexibility index (Phi) is 2.98. The van der Waals surface area contributed by atoms with Crippen LogP contribution in [-0.2, 0) is 4.79 Å². The number of fused-ring (bicyclic) bond motifs is 1. The Balaban J connectivity index is 1.96. The van der Waals surface area contributed by atoms with Gasteiger partial charge in [0.15, 0.2) is 0 Å². The Labute approximate surface area is 99.3 Å². The first-order valence-corrected chi connectivity index (χ1v) is 6.64. The summed E-state index contributed by atoms with van der Waals surface area (Å²) in [6.45, 7) is 8.73. The van der Waals surface area contributed by atoms with Gasteiger partial charge in [-0.25, -0.2) is 0 Å². The average molecular weight is 220 g/mol. The molecule has 4 atom stereocenters. The molecule has 1 unspecified atom stereocenters. The Bertz CT molecular complexity index is 324. The highest BCUT2D eigenvalue weighted by Gasteiger charge is 2.65. The second-order valence-corrected chi connectivity index (χ2v) is 6.29. The molecule has 90 valence electrons. The number of Topliss-reactive ketones (excluding diaryl/α,β-unsaturated/α-hetero) is 1. The quantitative estimate of drug-likeness (QED) is 0.657. The summed E-state index contributed by atoms with van der Waals surface area (Å²) in [6.07, 6.45) is 7.06. The maximum absolute atomic E-state index is 12.1. The van der Waals surface area contributed by atoms with Gasteiger partial charge in [-0.1, -0.05) is 25.5 Å². The summed E-state index contributed by atoms with van der Waals surface area (Å²) in [7, 11) is 0. The molecule has 2 aliphatic rings. The predicted molar refractivity (Wildman–Crippen MR) is 67.2 cm³/mol. The number of hydrogen-bond acceptors (Lipinski definition) is 1. The van der Waals surface area contributed by atoms with E-state index in [1.807, 2.05) is 0 Å². The molecule has 2 rings (SSSR count). The van der Waals surface area contributed by atoms with Crippen molar-refractivity contribution in [1.29, 1.82) is 0 Å². The van der Waals surface area contributed by atoms with Gasteiger partial charge in [0.25, 0.3) is 0 Å². The second-order valence-electron chi connectivity index (χ2n) is 6.29. The number of hydrogen-bond donors (Lipinski definition) is 0. The fraction of sp³-hybridized carbons (Fsp3) is 0.800. The monoisotopic (exact) mass is 220 g/mol. The maximum Gasteiger partial charge on any atom is 0.139 e. The van der Waals surface area contributed by atoms with Crippen molar-refractivity contribution in [2.45, 2.75) is 53.4 Å².